The van der Waals surface area contributed by atoms with Crippen molar-refractivity contribution in [2.75, 3.05) is 7.11 Å². The van der Waals surface area contributed by atoms with Crippen LogP contribution in [0.1, 0.15) is 19.4 Å². The van der Waals surface area contributed by atoms with Gasteiger partial charge in [0.2, 0.25) is 0 Å². The second kappa shape index (κ2) is 4.10. The maximum Gasteiger partial charge on any atom is 0.270 e. The summed E-state index contributed by atoms with van der Waals surface area (Å²) >= 11 is 4.38. The van der Waals surface area contributed by atoms with Gasteiger partial charge in [0.25, 0.3) is 5.69 Å². The van der Waals surface area contributed by atoms with E-state index in [-0.39, 0.29) is 5.69 Å². The third-order valence-corrected chi connectivity index (χ3v) is 2.29. The normalized spacial score (nSPS) is 11.2. The minimum absolute atomic E-state index is 0.0490. The molecule has 1 aromatic carbocycles. The van der Waals surface area contributed by atoms with Crippen LogP contribution in [0.25, 0.3) is 0 Å². The number of nitro groups is 1. The first-order valence-corrected chi connectivity index (χ1v) is 4.86. The van der Waals surface area contributed by atoms with Crippen LogP contribution in [-0.2, 0) is 4.75 Å². The van der Waals surface area contributed by atoms with E-state index in [0.29, 0.717) is 11.3 Å². The predicted octanol–water partition coefficient (Wildman–Crippen LogP) is 2.77. The number of hydrogen-bond donors (Lipinski definition) is 1. The predicted molar refractivity (Wildman–Crippen MR) is 61.7 cm³/mol. The topological polar surface area (TPSA) is 52.4 Å². The third-order valence-electron chi connectivity index (χ3n) is 2.05. The summed E-state index contributed by atoms with van der Waals surface area (Å²) in [6.07, 6.45) is 0. The number of methoxy groups -OCH3 is 1. The van der Waals surface area contributed by atoms with Crippen LogP contribution in [-0.4, -0.2) is 12.0 Å². The lowest BCUT2D eigenvalue weighted by Gasteiger charge is -2.20. The van der Waals surface area contributed by atoms with E-state index in [1.54, 1.807) is 6.07 Å². The van der Waals surface area contributed by atoms with E-state index in [1.807, 2.05) is 13.8 Å². The Labute approximate surface area is 93.8 Å². The molecule has 0 N–H and O–H groups in total. The van der Waals surface area contributed by atoms with Crippen molar-refractivity contribution in [1.82, 2.24) is 0 Å². The lowest BCUT2D eigenvalue weighted by Crippen LogP contribution is -2.10. The highest BCUT2D eigenvalue weighted by molar-refractivity contribution is 7.81. The Morgan fingerprint density at radius 2 is 2.07 bits per heavy atom. The van der Waals surface area contributed by atoms with Gasteiger partial charge >= 0.3 is 0 Å². The number of non-ortho nitro benzene ring substituents is 1. The summed E-state index contributed by atoms with van der Waals surface area (Å²) in [6.45, 7) is 3.72. The zero-order valence-corrected chi connectivity index (χ0v) is 9.75. The highest BCUT2D eigenvalue weighted by Crippen LogP contribution is 2.36. The van der Waals surface area contributed by atoms with Crippen molar-refractivity contribution in [2.45, 2.75) is 18.6 Å². The van der Waals surface area contributed by atoms with Crippen LogP contribution in [0.15, 0.2) is 18.2 Å². The zero-order chi connectivity index (χ0) is 11.6. The standard InChI is InChI=1S/C10H13NO3S/c1-10(2,15)8-6-7(11(12)13)4-5-9(8)14-3/h4-6,15H,1-3H3. The van der Waals surface area contributed by atoms with Crippen LogP contribution in [0.5, 0.6) is 5.75 Å². The molecular weight excluding hydrogens is 214 g/mol. The van der Waals surface area contributed by atoms with Crippen LogP contribution < -0.4 is 4.74 Å². The van der Waals surface area contributed by atoms with Gasteiger partial charge in [-0.2, -0.15) is 12.6 Å². The van der Waals surface area contributed by atoms with Crippen LogP contribution >= 0.6 is 12.6 Å². The summed E-state index contributed by atoms with van der Waals surface area (Å²) in [7, 11) is 1.53. The SMILES string of the molecule is COc1ccc([N+](=O)[O-])cc1C(C)(C)S. The molecule has 1 rings (SSSR count). The molecule has 0 aliphatic heterocycles. The van der Waals surface area contributed by atoms with Crippen LogP contribution in [0.4, 0.5) is 5.69 Å². The average molecular weight is 227 g/mol. The number of hydrogen-bond acceptors (Lipinski definition) is 4. The largest absolute Gasteiger partial charge is 0.496 e. The molecule has 0 saturated carbocycles. The minimum Gasteiger partial charge on any atom is -0.496 e. The van der Waals surface area contributed by atoms with Crippen molar-refractivity contribution in [3.63, 3.8) is 0 Å². The second-order valence-electron chi connectivity index (χ2n) is 3.70. The summed E-state index contributed by atoms with van der Waals surface area (Å²) < 4.78 is 4.66. The van der Waals surface area contributed by atoms with Crippen molar-refractivity contribution in [3.05, 3.63) is 33.9 Å². The molecule has 0 heterocycles. The highest BCUT2D eigenvalue weighted by Gasteiger charge is 2.22. The molecule has 5 heteroatoms. The second-order valence-corrected chi connectivity index (χ2v) is 4.82. The quantitative estimate of drug-likeness (QED) is 0.490. The first kappa shape index (κ1) is 11.8. The summed E-state index contributed by atoms with van der Waals surface area (Å²) in [5, 5.41) is 10.6. The van der Waals surface area contributed by atoms with Crippen molar-refractivity contribution in [1.29, 1.82) is 0 Å². The van der Waals surface area contributed by atoms with Gasteiger partial charge in [0, 0.05) is 22.4 Å². The molecule has 0 aliphatic carbocycles. The Morgan fingerprint density at radius 3 is 2.47 bits per heavy atom. The van der Waals surface area contributed by atoms with Crippen molar-refractivity contribution in [2.24, 2.45) is 0 Å². The molecule has 1 aromatic rings. The Balaban J connectivity index is 3.32. The van der Waals surface area contributed by atoms with Gasteiger partial charge in [-0.25, -0.2) is 0 Å². The number of thiol groups is 1. The van der Waals surface area contributed by atoms with Gasteiger partial charge in [-0.1, -0.05) is 0 Å². The molecule has 0 saturated heterocycles. The first-order chi connectivity index (χ1) is 6.86. The van der Waals surface area contributed by atoms with Crippen LogP contribution in [0, 0.1) is 10.1 Å². The van der Waals surface area contributed by atoms with Gasteiger partial charge in [0.1, 0.15) is 5.75 Å². The number of benzene rings is 1. The molecule has 0 unspecified atom stereocenters. The minimum atomic E-state index is -0.475. The maximum atomic E-state index is 10.6. The fourth-order valence-corrected chi connectivity index (χ4v) is 1.46. The number of ether oxygens (including phenoxy) is 1. The molecule has 15 heavy (non-hydrogen) atoms. The molecule has 82 valence electrons. The van der Waals surface area contributed by atoms with Gasteiger partial charge in [0.05, 0.1) is 12.0 Å². The van der Waals surface area contributed by atoms with E-state index in [9.17, 15) is 10.1 Å². The van der Waals surface area contributed by atoms with Gasteiger partial charge in [-0.3, -0.25) is 10.1 Å². The van der Waals surface area contributed by atoms with Gasteiger partial charge < -0.3 is 4.74 Å². The molecule has 0 aromatic heterocycles. The Bertz CT molecular complexity index is 385. The Morgan fingerprint density at radius 1 is 1.47 bits per heavy atom. The van der Waals surface area contributed by atoms with Gasteiger partial charge in [-0.05, 0) is 19.9 Å². The maximum absolute atomic E-state index is 10.6. The summed E-state index contributed by atoms with van der Waals surface area (Å²) in [6, 6.07) is 4.50. The smallest absolute Gasteiger partial charge is 0.270 e. The van der Waals surface area contributed by atoms with Crippen molar-refractivity contribution >= 4 is 18.3 Å². The molecule has 0 aliphatic rings. The summed E-state index contributed by atoms with van der Waals surface area (Å²) in [5.74, 6) is 0.612. The highest BCUT2D eigenvalue weighted by atomic mass is 32.1. The molecule has 0 bridgehead atoms. The molecule has 0 fully saturated rings. The average Bonchev–Trinajstić information content (AvgIpc) is 2.15. The molecule has 0 amide bonds. The summed E-state index contributed by atoms with van der Waals surface area (Å²) in [5.41, 5.74) is 0.760. The van der Waals surface area contributed by atoms with Crippen molar-refractivity contribution in [3.8, 4) is 5.75 Å². The number of rotatable bonds is 3. The molecule has 0 atom stereocenters. The number of nitro benzene ring substituents is 1. The molecule has 0 spiro atoms. The van der Waals surface area contributed by atoms with Crippen LogP contribution in [0.3, 0.4) is 0 Å². The Kier molecular flexibility index (Phi) is 3.24. The van der Waals surface area contributed by atoms with E-state index in [4.69, 9.17) is 4.74 Å². The monoisotopic (exact) mass is 227 g/mol. The molecule has 4 nitrogen and oxygen atoms in total. The van der Waals surface area contributed by atoms with Crippen molar-refractivity contribution < 1.29 is 9.66 Å². The van der Waals surface area contributed by atoms with E-state index in [0.717, 1.165) is 0 Å². The van der Waals surface area contributed by atoms with E-state index < -0.39 is 9.67 Å². The van der Waals surface area contributed by atoms with E-state index in [2.05, 4.69) is 12.6 Å². The third kappa shape index (κ3) is 2.62. The Hall–Kier alpha value is -1.23. The fourth-order valence-electron chi connectivity index (χ4n) is 1.29. The van der Waals surface area contributed by atoms with E-state index in [1.165, 1.54) is 19.2 Å². The lowest BCUT2D eigenvalue weighted by molar-refractivity contribution is -0.385. The zero-order valence-electron chi connectivity index (χ0n) is 8.85. The first-order valence-electron chi connectivity index (χ1n) is 4.41. The van der Waals surface area contributed by atoms with E-state index >= 15 is 0 Å². The van der Waals surface area contributed by atoms with Gasteiger partial charge in [0.15, 0.2) is 0 Å². The van der Waals surface area contributed by atoms with Gasteiger partial charge in [-0.15, -0.1) is 0 Å². The van der Waals surface area contributed by atoms with Crippen LogP contribution in [0.2, 0.25) is 0 Å². The fraction of sp³-hybridized carbons (Fsp3) is 0.400. The lowest BCUT2D eigenvalue weighted by atomic mass is 10.0. The molecular formula is C10H13NO3S. The number of nitrogens with zero attached hydrogens (tertiary/aromatic N) is 1. The molecule has 0 radical (unpaired) electrons. The summed E-state index contributed by atoms with van der Waals surface area (Å²) in [4.78, 5) is 10.2.